The fourth-order valence-corrected chi connectivity index (χ4v) is 3.77. The molecule has 15 heavy (non-hydrogen) atoms. The topological polar surface area (TPSA) is 59.9 Å². The number of hydrogen-bond donors (Lipinski definition) is 0. The highest BCUT2D eigenvalue weighted by molar-refractivity contribution is 7.90. The smallest absolute Gasteiger partial charge is 0.156 e. The molecule has 2 rings (SSSR count). The molecule has 0 amide bonds. The van der Waals surface area contributed by atoms with E-state index in [0.29, 0.717) is 5.69 Å². The van der Waals surface area contributed by atoms with E-state index in [2.05, 4.69) is 9.97 Å². The van der Waals surface area contributed by atoms with Gasteiger partial charge >= 0.3 is 0 Å². The van der Waals surface area contributed by atoms with Crippen molar-refractivity contribution in [2.45, 2.75) is 25.5 Å². The van der Waals surface area contributed by atoms with Gasteiger partial charge in [0.2, 0.25) is 0 Å². The number of fused-ring (bicyclic) bond motifs is 1. The number of aromatic nitrogens is 2. The summed E-state index contributed by atoms with van der Waals surface area (Å²) in [7, 11) is -2.99. The van der Waals surface area contributed by atoms with Gasteiger partial charge in [-0.15, -0.1) is 0 Å². The summed E-state index contributed by atoms with van der Waals surface area (Å²) in [6.07, 6.45) is 3.18. The fourth-order valence-electron chi connectivity index (χ4n) is 1.93. The van der Waals surface area contributed by atoms with Crippen molar-refractivity contribution in [3.8, 4) is 0 Å². The first-order valence-corrected chi connectivity index (χ1v) is 6.82. The molecule has 0 aromatic carbocycles. The highest BCUT2D eigenvalue weighted by atomic mass is 32.2. The Morgan fingerprint density at radius 3 is 2.67 bits per heavy atom. The molecule has 0 fully saturated rings. The third-order valence-electron chi connectivity index (χ3n) is 2.75. The average molecular weight is 226 g/mol. The van der Waals surface area contributed by atoms with Gasteiger partial charge in [-0.1, -0.05) is 13.8 Å². The Hall–Kier alpha value is -0.970. The predicted octanol–water partition coefficient (Wildman–Crippen LogP) is 1.14. The van der Waals surface area contributed by atoms with Gasteiger partial charge in [-0.3, -0.25) is 9.97 Å². The molecule has 0 saturated carbocycles. The minimum absolute atomic E-state index is 0.00699. The fraction of sp³-hybridized carbons (Fsp3) is 0.600. The molecule has 4 nitrogen and oxygen atoms in total. The first-order chi connectivity index (χ1) is 6.99. The molecule has 0 bridgehead atoms. The van der Waals surface area contributed by atoms with Crippen LogP contribution < -0.4 is 0 Å². The molecular weight excluding hydrogens is 212 g/mol. The highest BCUT2D eigenvalue weighted by Gasteiger charge is 2.33. The van der Waals surface area contributed by atoms with Crippen molar-refractivity contribution in [2.24, 2.45) is 5.92 Å². The van der Waals surface area contributed by atoms with Gasteiger partial charge in [-0.25, -0.2) is 8.42 Å². The van der Waals surface area contributed by atoms with Crippen LogP contribution in [0, 0.1) is 5.92 Å². The van der Waals surface area contributed by atoms with Crippen molar-refractivity contribution in [1.82, 2.24) is 9.97 Å². The third kappa shape index (κ3) is 2.02. The molecule has 5 heteroatoms. The van der Waals surface area contributed by atoms with E-state index in [1.54, 1.807) is 12.4 Å². The van der Waals surface area contributed by atoms with Crippen molar-refractivity contribution in [2.75, 3.05) is 5.75 Å². The molecule has 0 spiro atoms. The van der Waals surface area contributed by atoms with E-state index >= 15 is 0 Å². The first-order valence-electron chi connectivity index (χ1n) is 5.00. The summed E-state index contributed by atoms with van der Waals surface area (Å²) in [4.78, 5) is 8.37. The average Bonchev–Trinajstić information content (AvgIpc) is 2.14. The molecule has 1 aromatic heterocycles. The molecule has 0 saturated heterocycles. The minimum atomic E-state index is -2.99. The van der Waals surface area contributed by atoms with Gasteiger partial charge in [0.1, 0.15) is 0 Å². The molecule has 0 N–H and O–H groups in total. The van der Waals surface area contributed by atoms with Crippen LogP contribution in [-0.2, 0) is 15.6 Å². The lowest BCUT2D eigenvalue weighted by Gasteiger charge is -2.26. The monoisotopic (exact) mass is 226 g/mol. The third-order valence-corrected chi connectivity index (χ3v) is 4.33. The van der Waals surface area contributed by atoms with Crippen LogP contribution in [0.3, 0.4) is 0 Å². The summed E-state index contributed by atoms with van der Waals surface area (Å²) in [5.41, 5.74) is 1.49. The molecule has 1 unspecified atom stereocenters. The van der Waals surface area contributed by atoms with Crippen LogP contribution in [0.2, 0.25) is 0 Å². The molecule has 1 aliphatic heterocycles. The van der Waals surface area contributed by atoms with Crippen molar-refractivity contribution in [3.63, 3.8) is 0 Å². The van der Waals surface area contributed by atoms with Gasteiger partial charge in [0.25, 0.3) is 0 Å². The van der Waals surface area contributed by atoms with E-state index < -0.39 is 9.84 Å². The second kappa shape index (κ2) is 3.56. The Labute approximate surface area is 89.7 Å². The second-order valence-electron chi connectivity index (χ2n) is 4.29. The Kier molecular flexibility index (Phi) is 2.50. The summed E-state index contributed by atoms with van der Waals surface area (Å²) in [6, 6.07) is 0. The molecule has 1 aromatic rings. The summed E-state index contributed by atoms with van der Waals surface area (Å²) >= 11 is 0. The molecule has 2 heterocycles. The van der Waals surface area contributed by atoms with Crippen LogP contribution in [0.25, 0.3) is 0 Å². The second-order valence-corrected chi connectivity index (χ2v) is 6.40. The van der Waals surface area contributed by atoms with Crippen molar-refractivity contribution in [3.05, 3.63) is 23.8 Å². The SMILES string of the molecule is CC(C)C1CS(=O)(=O)Cc2nccnc21. The molecule has 1 aliphatic rings. The van der Waals surface area contributed by atoms with Crippen molar-refractivity contribution in [1.29, 1.82) is 0 Å². The molecule has 1 atom stereocenters. The highest BCUT2D eigenvalue weighted by Crippen LogP contribution is 2.31. The normalized spacial score (nSPS) is 23.8. The molecular formula is C10H14N2O2S. The van der Waals surface area contributed by atoms with Crippen LogP contribution >= 0.6 is 0 Å². The van der Waals surface area contributed by atoms with Gasteiger partial charge < -0.3 is 0 Å². The van der Waals surface area contributed by atoms with E-state index in [-0.39, 0.29) is 23.3 Å². The van der Waals surface area contributed by atoms with Crippen LogP contribution in [0.4, 0.5) is 0 Å². The summed E-state index contributed by atoms with van der Waals surface area (Å²) in [6.45, 7) is 4.04. The van der Waals surface area contributed by atoms with Gasteiger partial charge in [-0.2, -0.15) is 0 Å². The van der Waals surface area contributed by atoms with E-state index in [0.717, 1.165) is 5.69 Å². The number of nitrogens with zero attached hydrogens (tertiary/aromatic N) is 2. The lowest BCUT2D eigenvalue weighted by molar-refractivity contribution is 0.497. The zero-order chi connectivity index (χ0) is 11.1. The number of sulfone groups is 1. The molecule has 82 valence electrons. The van der Waals surface area contributed by atoms with Crippen LogP contribution in [0.5, 0.6) is 0 Å². The van der Waals surface area contributed by atoms with Crippen LogP contribution in [-0.4, -0.2) is 24.1 Å². The molecule has 0 radical (unpaired) electrons. The minimum Gasteiger partial charge on any atom is -0.257 e. The maximum absolute atomic E-state index is 11.7. The first kappa shape index (κ1) is 10.5. The van der Waals surface area contributed by atoms with Gasteiger partial charge in [0.15, 0.2) is 9.84 Å². The zero-order valence-corrected chi connectivity index (χ0v) is 9.66. The summed E-state index contributed by atoms with van der Waals surface area (Å²) in [5.74, 6) is 0.512. The van der Waals surface area contributed by atoms with Gasteiger partial charge in [0, 0.05) is 18.3 Å². The van der Waals surface area contributed by atoms with Crippen molar-refractivity contribution < 1.29 is 8.42 Å². The quantitative estimate of drug-likeness (QED) is 0.720. The maximum Gasteiger partial charge on any atom is 0.156 e. The van der Waals surface area contributed by atoms with E-state index in [9.17, 15) is 8.42 Å². The zero-order valence-electron chi connectivity index (χ0n) is 8.84. The number of rotatable bonds is 1. The van der Waals surface area contributed by atoms with Crippen molar-refractivity contribution >= 4 is 9.84 Å². The van der Waals surface area contributed by atoms with Gasteiger partial charge in [-0.05, 0) is 5.92 Å². The van der Waals surface area contributed by atoms with E-state index in [1.807, 2.05) is 13.8 Å². The Morgan fingerprint density at radius 2 is 2.00 bits per heavy atom. The Balaban J connectivity index is 2.52. The summed E-state index contributed by atoms with van der Waals surface area (Å²) in [5, 5.41) is 0. The largest absolute Gasteiger partial charge is 0.257 e. The van der Waals surface area contributed by atoms with Crippen LogP contribution in [0.1, 0.15) is 31.2 Å². The summed E-state index contributed by atoms with van der Waals surface area (Å²) < 4.78 is 23.3. The molecule has 0 aliphatic carbocycles. The van der Waals surface area contributed by atoms with E-state index in [4.69, 9.17) is 0 Å². The standard InChI is InChI=1S/C10H14N2O2S/c1-7(2)8-5-15(13,14)6-9-10(8)12-4-3-11-9/h3-4,7-8H,5-6H2,1-2H3. The maximum atomic E-state index is 11.7. The van der Waals surface area contributed by atoms with E-state index in [1.165, 1.54) is 0 Å². The van der Waals surface area contributed by atoms with Gasteiger partial charge in [0.05, 0.1) is 22.9 Å². The Bertz CT molecular complexity index is 468. The lowest BCUT2D eigenvalue weighted by atomic mass is 9.93. The number of hydrogen-bond acceptors (Lipinski definition) is 4. The van der Waals surface area contributed by atoms with Crippen LogP contribution in [0.15, 0.2) is 12.4 Å². The predicted molar refractivity (Wildman–Crippen MR) is 57.1 cm³/mol. The lowest BCUT2D eigenvalue weighted by Crippen LogP contribution is -2.28. The Morgan fingerprint density at radius 1 is 1.33 bits per heavy atom.